The Balaban J connectivity index is 1.93. The molecular formula is C22H31FO4. The molecular weight excluding hydrogens is 347 g/mol. The number of carbonyl (C=O) groups is 1. The molecule has 0 saturated heterocycles. The first kappa shape index (κ1) is 21.6. The molecule has 0 bridgehead atoms. The number of hydrogen-bond acceptors (Lipinski definition) is 4. The van der Waals surface area contributed by atoms with E-state index >= 15 is 0 Å². The molecule has 0 radical (unpaired) electrons. The summed E-state index contributed by atoms with van der Waals surface area (Å²) in [6, 6.07) is 5.50. The largest absolute Gasteiger partial charge is 0.429 e. The van der Waals surface area contributed by atoms with Crippen LogP contribution in [0.1, 0.15) is 76.7 Å². The number of aliphatic hydroxyl groups is 2. The molecule has 0 aromatic heterocycles. The Kier molecular flexibility index (Phi) is 8.45. The van der Waals surface area contributed by atoms with E-state index in [4.69, 9.17) is 4.74 Å². The lowest BCUT2D eigenvalue weighted by Gasteiger charge is -2.31. The highest BCUT2D eigenvalue weighted by atomic mass is 19.1. The van der Waals surface area contributed by atoms with E-state index in [1.807, 2.05) is 0 Å². The van der Waals surface area contributed by atoms with Crippen molar-refractivity contribution in [2.45, 2.75) is 83.0 Å². The molecule has 4 nitrogen and oxygen atoms in total. The van der Waals surface area contributed by atoms with Crippen LogP contribution in [-0.2, 0) is 15.1 Å². The summed E-state index contributed by atoms with van der Waals surface area (Å²) >= 11 is 0. The van der Waals surface area contributed by atoms with Gasteiger partial charge in [0.1, 0.15) is 11.4 Å². The Morgan fingerprint density at radius 3 is 2.07 bits per heavy atom. The van der Waals surface area contributed by atoms with Gasteiger partial charge in [0.15, 0.2) is 0 Å². The van der Waals surface area contributed by atoms with Crippen LogP contribution in [0.25, 0.3) is 0 Å². The van der Waals surface area contributed by atoms with Gasteiger partial charge in [-0.15, -0.1) is 0 Å². The molecule has 5 heteroatoms. The van der Waals surface area contributed by atoms with Crippen molar-refractivity contribution in [3.63, 3.8) is 0 Å². The third kappa shape index (κ3) is 6.15. The van der Waals surface area contributed by atoms with Gasteiger partial charge in [-0.3, -0.25) is 0 Å². The minimum absolute atomic E-state index is 0.124. The predicted octanol–water partition coefficient (Wildman–Crippen LogP) is 4.74. The van der Waals surface area contributed by atoms with Crippen molar-refractivity contribution in [3.05, 3.63) is 47.3 Å². The first-order valence-corrected chi connectivity index (χ1v) is 10.1. The van der Waals surface area contributed by atoms with Gasteiger partial charge in [0.25, 0.3) is 0 Å². The second-order valence-electron chi connectivity index (χ2n) is 7.33. The minimum Gasteiger partial charge on any atom is -0.429 e. The van der Waals surface area contributed by atoms with Crippen LogP contribution in [-0.4, -0.2) is 22.5 Å². The topological polar surface area (TPSA) is 66.8 Å². The van der Waals surface area contributed by atoms with Gasteiger partial charge in [0.2, 0.25) is 6.29 Å². The molecule has 150 valence electrons. The van der Waals surface area contributed by atoms with Crippen LogP contribution in [0, 0.1) is 5.82 Å². The van der Waals surface area contributed by atoms with Crippen molar-refractivity contribution in [3.8, 4) is 0 Å². The maximum absolute atomic E-state index is 13.3. The van der Waals surface area contributed by atoms with Crippen LogP contribution in [0.3, 0.4) is 0 Å². The fraction of sp³-hybridized carbons (Fsp3) is 0.591. The molecule has 2 N–H and O–H groups in total. The van der Waals surface area contributed by atoms with Crippen molar-refractivity contribution >= 4 is 5.97 Å². The smallest absolute Gasteiger partial charge is 0.333 e. The van der Waals surface area contributed by atoms with Crippen LogP contribution >= 0.6 is 0 Å². The molecule has 1 heterocycles. The second-order valence-corrected chi connectivity index (χ2v) is 7.33. The van der Waals surface area contributed by atoms with E-state index < -0.39 is 23.7 Å². The summed E-state index contributed by atoms with van der Waals surface area (Å²) in [5.41, 5.74) is -0.967. The maximum Gasteiger partial charge on any atom is 0.333 e. The van der Waals surface area contributed by atoms with Gasteiger partial charge in [-0.1, -0.05) is 70.4 Å². The fourth-order valence-corrected chi connectivity index (χ4v) is 3.60. The van der Waals surface area contributed by atoms with Gasteiger partial charge in [0.05, 0.1) is 0 Å². The van der Waals surface area contributed by atoms with E-state index in [0.717, 1.165) is 25.3 Å². The van der Waals surface area contributed by atoms with Crippen molar-refractivity contribution in [2.75, 3.05) is 0 Å². The first-order chi connectivity index (χ1) is 13.0. The number of halogens is 1. The van der Waals surface area contributed by atoms with Crippen LogP contribution in [0.15, 0.2) is 35.9 Å². The Morgan fingerprint density at radius 2 is 1.56 bits per heavy atom. The SMILES string of the molecule is CCCCCCCCCCCC(O)(C1=CC(=O)OC1O)c1ccc(F)cc1. The van der Waals surface area contributed by atoms with E-state index in [0.29, 0.717) is 12.0 Å². The van der Waals surface area contributed by atoms with E-state index in [2.05, 4.69) is 6.92 Å². The van der Waals surface area contributed by atoms with Crippen LogP contribution in [0.4, 0.5) is 4.39 Å². The van der Waals surface area contributed by atoms with Gasteiger partial charge >= 0.3 is 5.97 Å². The molecule has 1 aromatic rings. The summed E-state index contributed by atoms with van der Waals surface area (Å²) in [7, 11) is 0. The lowest BCUT2D eigenvalue weighted by atomic mass is 9.81. The van der Waals surface area contributed by atoms with Gasteiger partial charge < -0.3 is 14.9 Å². The summed E-state index contributed by atoms with van der Waals surface area (Å²) in [6.45, 7) is 2.21. The highest BCUT2D eigenvalue weighted by molar-refractivity contribution is 5.86. The number of rotatable bonds is 12. The highest BCUT2D eigenvalue weighted by Gasteiger charge is 2.42. The summed E-state index contributed by atoms with van der Waals surface area (Å²) in [6.07, 6.45) is 10.3. The van der Waals surface area contributed by atoms with Gasteiger partial charge in [0, 0.05) is 11.6 Å². The standard InChI is InChI=1S/C22H31FO4/c1-2-3-4-5-6-7-8-9-10-15-22(26,17-11-13-18(23)14-12-17)19-16-20(24)27-21(19)25/h11-14,16,21,25-26H,2-10,15H2,1H3. The number of esters is 1. The van der Waals surface area contributed by atoms with Gasteiger partial charge in [-0.05, 0) is 30.5 Å². The van der Waals surface area contributed by atoms with Gasteiger partial charge in [-0.25, -0.2) is 9.18 Å². The van der Waals surface area contributed by atoms with Crippen LogP contribution in [0.5, 0.6) is 0 Å². The first-order valence-electron chi connectivity index (χ1n) is 10.1. The zero-order chi connectivity index (χ0) is 19.7. The minimum atomic E-state index is -1.54. The monoisotopic (exact) mass is 378 g/mol. The molecule has 27 heavy (non-hydrogen) atoms. The number of benzene rings is 1. The molecule has 2 atom stereocenters. The number of unbranched alkanes of at least 4 members (excludes halogenated alkanes) is 8. The molecule has 0 spiro atoms. The Bertz CT molecular complexity index is 626. The number of hydrogen-bond donors (Lipinski definition) is 2. The molecule has 0 amide bonds. The Hall–Kier alpha value is -1.72. The summed E-state index contributed by atoms with van der Waals surface area (Å²) < 4.78 is 18.0. The average molecular weight is 378 g/mol. The summed E-state index contributed by atoms with van der Waals surface area (Å²) in [4.78, 5) is 11.5. The maximum atomic E-state index is 13.3. The van der Waals surface area contributed by atoms with Crippen molar-refractivity contribution in [1.29, 1.82) is 0 Å². The Morgan fingerprint density at radius 1 is 1.00 bits per heavy atom. The summed E-state index contributed by atoms with van der Waals surface area (Å²) in [5, 5.41) is 21.3. The van der Waals surface area contributed by atoms with E-state index in [1.165, 1.54) is 62.8 Å². The van der Waals surface area contributed by atoms with E-state index in [1.54, 1.807) is 0 Å². The number of aliphatic hydroxyl groups excluding tert-OH is 1. The fourth-order valence-electron chi connectivity index (χ4n) is 3.60. The highest BCUT2D eigenvalue weighted by Crippen LogP contribution is 2.39. The van der Waals surface area contributed by atoms with Crippen molar-refractivity contribution in [2.24, 2.45) is 0 Å². The summed E-state index contributed by atoms with van der Waals surface area (Å²) in [5.74, 6) is -1.08. The molecule has 2 unspecified atom stereocenters. The normalized spacial score (nSPS) is 18.9. The number of carbonyl (C=O) groups excluding carboxylic acids is 1. The molecule has 0 fully saturated rings. The Labute approximate surface area is 161 Å². The van der Waals surface area contributed by atoms with E-state index in [-0.39, 0.29) is 5.57 Å². The lowest BCUT2D eigenvalue weighted by Crippen LogP contribution is -2.33. The quantitative estimate of drug-likeness (QED) is 0.407. The van der Waals surface area contributed by atoms with Crippen LogP contribution in [0.2, 0.25) is 0 Å². The zero-order valence-electron chi connectivity index (χ0n) is 16.1. The number of cyclic esters (lactones) is 1. The predicted molar refractivity (Wildman–Crippen MR) is 102 cm³/mol. The third-order valence-corrected chi connectivity index (χ3v) is 5.21. The molecule has 2 rings (SSSR count). The second kappa shape index (κ2) is 10.6. The van der Waals surface area contributed by atoms with Crippen LogP contribution < -0.4 is 0 Å². The zero-order valence-corrected chi connectivity index (χ0v) is 16.1. The lowest BCUT2D eigenvalue weighted by molar-refractivity contribution is -0.153. The van der Waals surface area contributed by atoms with Gasteiger partial charge in [-0.2, -0.15) is 0 Å². The average Bonchev–Trinajstić information content (AvgIpc) is 2.99. The van der Waals surface area contributed by atoms with Crippen molar-refractivity contribution < 1.29 is 24.1 Å². The molecule has 0 aliphatic carbocycles. The molecule has 0 saturated carbocycles. The number of ether oxygens (including phenoxy) is 1. The third-order valence-electron chi connectivity index (χ3n) is 5.21. The molecule has 1 aliphatic heterocycles. The van der Waals surface area contributed by atoms with E-state index in [9.17, 15) is 19.4 Å². The molecule has 1 aliphatic rings. The molecule has 1 aromatic carbocycles. The van der Waals surface area contributed by atoms with Crippen molar-refractivity contribution in [1.82, 2.24) is 0 Å².